The molecule has 2 aliphatic rings. The van der Waals surface area contributed by atoms with Gasteiger partial charge in [-0.2, -0.15) is 0 Å². The molecule has 1 heterocycles. The second-order valence-corrected chi connectivity index (χ2v) is 7.19. The molecule has 21 heavy (non-hydrogen) atoms. The number of hydrogen-bond donors (Lipinski definition) is 1. The number of carbonyl (C=O) groups is 1. The van der Waals surface area contributed by atoms with Crippen molar-refractivity contribution >= 4 is 5.91 Å². The zero-order chi connectivity index (χ0) is 15.5. The third-order valence-corrected chi connectivity index (χ3v) is 4.45. The van der Waals surface area contributed by atoms with Crippen LogP contribution >= 0.6 is 0 Å². The zero-order valence-corrected chi connectivity index (χ0v) is 13.6. The van der Waals surface area contributed by atoms with Gasteiger partial charge in [0.25, 0.3) is 0 Å². The molecule has 1 amide bonds. The monoisotopic (exact) mass is 299 g/mol. The van der Waals surface area contributed by atoms with Gasteiger partial charge in [0.2, 0.25) is 5.91 Å². The Morgan fingerprint density at radius 1 is 1.33 bits per heavy atom. The van der Waals surface area contributed by atoms with E-state index >= 15 is 0 Å². The van der Waals surface area contributed by atoms with E-state index < -0.39 is 5.60 Å². The molecule has 0 spiro atoms. The minimum atomic E-state index is -0.797. The fraction of sp³-hybridized carbons (Fsp3) is 0.938. The predicted molar refractivity (Wildman–Crippen MR) is 80.1 cm³/mol. The van der Waals surface area contributed by atoms with Gasteiger partial charge in [0.1, 0.15) is 0 Å². The van der Waals surface area contributed by atoms with E-state index in [1.807, 2.05) is 18.7 Å². The first-order valence-corrected chi connectivity index (χ1v) is 8.00. The summed E-state index contributed by atoms with van der Waals surface area (Å²) >= 11 is 0. The van der Waals surface area contributed by atoms with Crippen LogP contribution in [-0.4, -0.2) is 60.0 Å². The molecule has 5 heteroatoms. The first kappa shape index (κ1) is 16.7. The minimum Gasteiger partial charge on any atom is -0.389 e. The Balaban J connectivity index is 1.96. The number of aliphatic hydroxyl groups is 1. The van der Waals surface area contributed by atoms with E-state index in [1.54, 1.807) is 7.11 Å². The van der Waals surface area contributed by atoms with Crippen molar-refractivity contribution in [3.63, 3.8) is 0 Å². The molecule has 5 nitrogen and oxygen atoms in total. The lowest BCUT2D eigenvalue weighted by molar-refractivity contribution is -0.172. The van der Waals surface area contributed by atoms with Crippen molar-refractivity contribution in [1.29, 1.82) is 0 Å². The number of rotatable bonds is 4. The highest BCUT2D eigenvalue weighted by Gasteiger charge is 2.39. The Hall–Kier alpha value is -0.650. The van der Waals surface area contributed by atoms with Gasteiger partial charge in [0, 0.05) is 20.2 Å². The third-order valence-electron chi connectivity index (χ3n) is 4.45. The van der Waals surface area contributed by atoms with Crippen LogP contribution in [0.4, 0.5) is 0 Å². The zero-order valence-electron chi connectivity index (χ0n) is 13.6. The van der Waals surface area contributed by atoms with E-state index in [0.717, 1.165) is 32.1 Å². The highest BCUT2D eigenvalue weighted by molar-refractivity contribution is 5.77. The molecular formula is C16H29NO4. The first-order chi connectivity index (χ1) is 9.84. The van der Waals surface area contributed by atoms with Gasteiger partial charge in [-0.1, -0.05) is 19.3 Å². The van der Waals surface area contributed by atoms with Crippen LogP contribution in [0.5, 0.6) is 0 Å². The molecule has 1 atom stereocenters. The Morgan fingerprint density at radius 3 is 2.62 bits per heavy atom. The normalized spacial score (nSPS) is 28.4. The number of nitrogens with zero attached hydrogens (tertiary/aromatic N) is 1. The van der Waals surface area contributed by atoms with E-state index in [4.69, 9.17) is 9.47 Å². The molecule has 1 saturated heterocycles. The Kier molecular flexibility index (Phi) is 5.28. The van der Waals surface area contributed by atoms with Crippen molar-refractivity contribution in [2.45, 2.75) is 69.7 Å². The Bertz CT molecular complexity index is 363. The maximum Gasteiger partial charge on any atom is 0.225 e. The van der Waals surface area contributed by atoms with E-state index in [9.17, 15) is 9.90 Å². The second-order valence-electron chi connectivity index (χ2n) is 7.19. The fourth-order valence-corrected chi connectivity index (χ4v) is 3.54. The molecule has 1 saturated carbocycles. The summed E-state index contributed by atoms with van der Waals surface area (Å²) < 4.78 is 11.1. The maximum absolute atomic E-state index is 12.6. The number of methoxy groups -OCH3 is 1. The first-order valence-electron chi connectivity index (χ1n) is 8.00. The van der Waals surface area contributed by atoms with E-state index in [2.05, 4.69) is 0 Å². The van der Waals surface area contributed by atoms with Crippen LogP contribution in [0.1, 0.15) is 52.4 Å². The van der Waals surface area contributed by atoms with Gasteiger partial charge in [0.15, 0.2) is 0 Å². The molecule has 0 aromatic heterocycles. The van der Waals surface area contributed by atoms with Crippen molar-refractivity contribution in [3.05, 3.63) is 0 Å². The van der Waals surface area contributed by atoms with Crippen molar-refractivity contribution in [3.8, 4) is 0 Å². The summed E-state index contributed by atoms with van der Waals surface area (Å²) in [5.41, 5.74) is -1.17. The minimum absolute atomic E-state index is 0.0388. The lowest BCUT2D eigenvalue weighted by Crippen LogP contribution is -2.56. The molecule has 0 aromatic carbocycles. The number of carbonyl (C=O) groups excluding carboxylic acids is 1. The molecule has 0 radical (unpaired) electrons. The number of ether oxygens (including phenoxy) is 2. The Labute approximate surface area is 127 Å². The van der Waals surface area contributed by atoms with Gasteiger partial charge in [0.05, 0.1) is 30.3 Å². The van der Waals surface area contributed by atoms with Crippen molar-refractivity contribution in [2.75, 3.05) is 26.8 Å². The summed E-state index contributed by atoms with van der Waals surface area (Å²) in [5, 5.41) is 10.6. The van der Waals surface area contributed by atoms with E-state index in [1.165, 1.54) is 0 Å². The van der Waals surface area contributed by atoms with Crippen LogP contribution in [-0.2, 0) is 14.3 Å². The van der Waals surface area contributed by atoms with E-state index in [-0.39, 0.29) is 24.0 Å². The summed E-state index contributed by atoms with van der Waals surface area (Å²) in [5.74, 6) is 0.0388. The van der Waals surface area contributed by atoms with Gasteiger partial charge in [-0.25, -0.2) is 0 Å². The third kappa shape index (κ3) is 4.66. The summed E-state index contributed by atoms with van der Waals surface area (Å²) in [4.78, 5) is 14.4. The van der Waals surface area contributed by atoms with E-state index in [0.29, 0.717) is 19.7 Å². The van der Waals surface area contributed by atoms with Gasteiger partial charge in [-0.15, -0.1) is 0 Å². The van der Waals surface area contributed by atoms with Crippen molar-refractivity contribution < 1.29 is 19.4 Å². The van der Waals surface area contributed by atoms with Gasteiger partial charge >= 0.3 is 0 Å². The predicted octanol–water partition coefficient (Wildman–Crippen LogP) is 1.72. The van der Waals surface area contributed by atoms with Crippen LogP contribution in [0.15, 0.2) is 0 Å². The lowest BCUT2D eigenvalue weighted by atomic mass is 9.82. The molecule has 122 valence electrons. The smallest absolute Gasteiger partial charge is 0.225 e. The second kappa shape index (κ2) is 6.63. The molecule has 1 aliphatic heterocycles. The number of amides is 1. The molecule has 2 fully saturated rings. The van der Waals surface area contributed by atoms with Gasteiger partial charge < -0.3 is 19.5 Å². The number of morpholine rings is 1. The SMILES string of the molecule is COC[C@H]1CN(C(=O)CC2(O)CCCCC2)CC(C)(C)O1. The molecule has 1 N–H and O–H groups in total. The van der Waals surface area contributed by atoms with Crippen molar-refractivity contribution in [1.82, 2.24) is 4.90 Å². The van der Waals surface area contributed by atoms with Gasteiger partial charge in [-0.3, -0.25) is 4.79 Å². The summed E-state index contributed by atoms with van der Waals surface area (Å²) in [6, 6.07) is 0. The molecular weight excluding hydrogens is 270 g/mol. The molecule has 1 aliphatic carbocycles. The molecule has 2 rings (SSSR count). The molecule has 0 unspecified atom stereocenters. The topological polar surface area (TPSA) is 59.0 Å². The maximum atomic E-state index is 12.6. The summed E-state index contributed by atoms with van der Waals surface area (Å²) in [6.45, 7) is 5.58. The van der Waals surface area contributed by atoms with Crippen LogP contribution in [0, 0.1) is 0 Å². The van der Waals surface area contributed by atoms with Crippen LogP contribution in [0.3, 0.4) is 0 Å². The quantitative estimate of drug-likeness (QED) is 0.859. The summed E-state index contributed by atoms with van der Waals surface area (Å²) in [6.07, 6.45) is 4.83. The standard InChI is InChI=1S/C16H29NO4/c1-15(2)12-17(10-13(21-15)11-20-3)14(18)9-16(19)7-5-4-6-8-16/h13,19H,4-12H2,1-3H3/t13-/m1/s1. The molecule has 0 bridgehead atoms. The Morgan fingerprint density at radius 2 is 2.00 bits per heavy atom. The van der Waals surface area contributed by atoms with Crippen LogP contribution in [0.2, 0.25) is 0 Å². The van der Waals surface area contributed by atoms with Crippen molar-refractivity contribution in [2.24, 2.45) is 0 Å². The molecule has 0 aromatic rings. The largest absolute Gasteiger partial charge is 0.389 e. The van der Waals surface area contributed by atoms with Crippen LogP contribution in [0.25, 0.3) is 0 Å². The summed E-state index contributed by atoms with van der Waals surface area (Å²) in [7, 11) is 1.64. The average Bonchev–Trinajstić information content (AvgIpc) is 2.37. The fourth-order valence-electron chi connectivity index (χ4n) is 3.54. The number of hydrogen-bond acceptors (Lipinski definition) is 4. The average molecular weight is 299 g/mol. The highest BCUT2D eigenvalue weighted by atomic mass is 16.5. The lowest BCUT2D eigenvalue weighted by Gasteiger charge is -2.43. The highest BCUT2D eigenvalue weighted by Crippen LogP contribution is 2.32. The van der Waals surface area contributed by atoms with Gasteiger partial charge in [-0.05, 0) is 26.7 Å². The van der Waals surface area contributed by atoms with Crippen LogP contribution < -0.4 is 0 Å².